The van der Waals surface area contributed by atoms with E-state index < -0.39 is 0 Å². The predicted molar refractivity (Wildman–Crippen MR) is 77.8 cm³/mol. The minimum atomic E-state index is 0.857. The smallest absolute Gasteiger partial charge is 0.0112 e. The molecule has 2 fully saturated rings. The average Bonchev–Trinajstić information content (AvgIpc) is 2.82. The Labute approximate surface area is 113 Å². The molecule has 0 radical (unpaired) electrons. The summed E-state index contributed by atoms with van der Waals surface area (Å²) in [4.78, 5) is 5.44. The van der Waals surface area contributed by atoms with Gasteiger partial charge in [0, 0.05) is 19.1 Å². The van der Waals surface area contributed by atoms with Crippen LogP contribution in [0.25, 0.3) is 0 Å². The van der Waals surface area contributed by atoms with Gasteiger partial charge >= 0.3 is 0 Å². The molecule has 2 aliphatic rings. The van der Waals surface area contributed by atoms with Crippen molar-refractivity contribution < 1.29 is 0 Å². The summed E-state index contributed by atoms with van der Waals surface area (Å²) in [5, 5.41) is 0. The largest absolute Gasteiger partial charge is 0.330 e. The van der Waals surface area contributed by atoms with Gasteiger partial charge in [0.2, 0.25) is 0 Å². The van der Waals surface area contributed by atoms with E-state index in [0.717, 1.165) is 12.6 Å². The summed E-state index contributed by atoms with van der Waals surface area (Å²) < 4.78 is 0. The first-order valence-corrected chi connectivity index (χ1v) is 8.06. The lowest BCUT2D eigenvalue weighted by atomic mass is 10.2. The molecule has 0 bridgehead atoms. The van der Waals surface area contributed by atoms with Gasteiger partial charge in [-0.05, 0) is 58.3 Å². The molecule has 1 saturated carbocycles. The van der Waals surface area contributed by atoms with Crippen molar-refractivity contribution in [2.75, 3.05) is 39.3 Å². The van der Waals surface area contributed by atoms with Crippen LogP contribution in [0.5, 0.6) is 0 Å². The first kappa shape index (κ1) is 14.3. The minimum Gasteiger partial charge on any atom is -0.330 e. The number of nitrogens with zero attached hydrogens (tertiary/aromatic N) is 2. The first-order valence-electron chi connectivity index (χ1n) is 8.06. The molecule has 3 heteroatoms. The molecule has 0 aromatic rings. The molecule has 0 spiro atoms. The van der Waals surface area contributed by atoms with Crippen molar-refractivity contribution in [1.29, 1.82) is 0 Å². The van der Waals surface area contributed by atoms with Gasteiger partial charge in [-0.3, -0.25) is 4.90 Å². The van der Waals surface area contributed by atoms with Gasteiger partial charge in [-0.1, -0.05) is 19.3 Å². The summed E-state index contributed by atoms with van der Waals surface area (Å²) in [6.45, 7) is 7.39. The highest BCUT2D eigenvalue weighted by atomic mass is 15.2. The Morgan fingerprint density at radius 3 is 2.44 bits per heavy atom. The quantitative estimate of drug-likeness (QED) is 0.736. The zero-order valence-electron chi connectivity index (χ0n) is 11.9. The molecule has 18 heavy (non-hydrogen) atoms. The summed E-state index contributed by atoms with van der Waals surface area (Å²) in [7, 11) is 0. The molecule has 0 aromatic carbocycles. The molecule has 2 rings (SSSR count). The predicted octanol–water partition coefficient (Wildman–Crippen LogP) is 2.07. The Morgan fingerprint density at radius 1 is 0.833 bits per heavy atom. The van der Waals surface area contributed by atoms with Gasteiger partial charge in [0.15, 0.2) is 0 Å². The normalized spacial score (nSPS) is 24.5. The number of nitrogens with two attached hydrogens (primary N) is 1. The Bertz CT molecular complexity index is 214. The number of hydrogen-bond acceptors (Lipinski definition) is 3. The van der Waals surface area contributed by atoms with Gasteiger partial charge in [-0.2, -0.15) is 0 Å². The fourth-order valence-corrected chi connectivity index (χ4v) is 3.51. The lowest BCUT2D eigenvalue weighted by molar-refractivity contribution is 0.199. The molecule has 0 amide bonds. The maximum atomic E-state index is 5.54. The standard InChI is InChI=1S/C15H31N3/c16-9-4-1-5-10-17-11-6-12-18(14-13-17)15-7-2-3-8-15/h15H,1-14,16H2. The van der Waals surface area contributed by atoms with Crippen LogP contribution in [0.1, 0.15) is 51.4 Å². The Hall–Kier alpha value is -0.120. The van der Waals surface area contributed by atoms with Crippen LogP contribution in [0.15, 0.2) is 0 Å². The third-order valence-corrected chi connectivity index (χ3v) is 4.64. The third-order valence-electron chi connectivity index (χ3n) is 4.64. The molecule has 0 unspecified atom stereocenters. The zero-order valence-corrected chi connectivity index (χ0v) is 11.9. The van der Waals surface area contributed by atoms with Gasteiger partial charge in [0.25, 0.3) is 0 Å². The molecule has 2 N–H and O–H groups in total. The number of rotatable bonds is 6. The van der Waals surface area contributed by atoms with Gasteiger partial charge in [-0.15, -0.1) is 0 Å². The van der Waals surface area contributed by atoms with Crippen molar-refractivity contribution in [3.05, 3.63) is 0 Å². The van der Waals surface area contributed by atoms with Crippen molar-refractivity contribution >= 4 is 0 Å². The molecule has 1 heterocycles. The van der Waals surface area contributed by atoms with E-state index in [-0.39, 0.29) is 0 Å². The SMILES string of the molecule is NCCCCCN1CCCN(C2CCCC2)CC1. The second-order valence-corrected chi connectivity index (χ2v) is 6.02. The fraction of sp³-hybridized carbons (Fsp3) is 1.00. The van der Waals surface area contributed by atoms with Crippen LogP contribution < -0.4 is 5.73 Å². The summed E-state index contributed by atoms with van der Waals surface area (Å²) in [6, 6.07) is 0.919. The van der Waals surface area contributed by atoms with Crippen LogP contribution in [0, 0.1) is 0 Å². The van der Waals surface area contributed by atoms with Gasteiger partial charge in [0.05, 0.1) is 0 Å². The highest BCUT2D eigenvalue weighted by Crippen LogP contribution is 2.24. The van der Waals surface area contributed by atoms with Crippen molar-refractivity contribution in [1.82, 2.24) is 9.80 Å². The monoisotopic (exact) mass is 253 g/mol. The van der Waals surface area contributed by atoms with E-state index in [1.807, 2.05) is 0 Å². The lowest BCUT2D eigenvalue weighted by Gasteiger charge is -2.27. The van der Waals surface area contributed by atoms with Gasteiger partial charge in [0.1, 0.15) is 0 Å². The van der Waals surface area contributed by atoms with E-state index in [2.05, 4.69) is 9.80 Å². The highest BCUT2D eigenvalue weighted by Gasteiger charge is 2.24. The van der Waals surface area contributed by atoms with E-state index in [1.165, 1.54) is 84.1 Å². The van der Waals surface area contributed by atoms with Crippen LogP contribution in [0.3, 0.4) is 0 Å². The van der Waals surface area contributed by atoms with Crippen LogP contribution in [-0.2, 0) is 0 Å². The van der Waals surface area contributed by atoms with Crippen molar-refractivity contribution in [2.45, 2.75) is 57.4 Å². The van der Waals surface area contributed by atoms with Crippen molar-refractivity contribution in [3.63, 3.8) is 0 Å². The minimum absolute atomic E-state index is 0.857. The topological polar surface area (TPSA) is 32.5 Å². The molecule has 0 aromatic heterocycles. The van der Waals surface area contributed by atoms with Crippen LogP contribution in [-0.4, -0.2) is 55.1 Å². The summed E-state index contributed by atoms with van der Waals surface area (Å²) >= 11 is 0. The number of unbranched alkanes of at least 4 members (excludes halogenated alkanes) is 2. The second kappa shape index (κ2) is 8.13. The maximum absolute atomic E-state index is 5.54. The summed E-state index contributed by atoms with van der Waals surface area (Å²) in [5.74, 6) is 0. The summed E-state index contributed by atoms with van der Waals surface area (Å²) in [6.07, 6.45) is 11.0. The Kier molecular flexibility index (Phi) is 6.46. The molecule has 106 valence electrons. The van der Waals surface area contributed by atoms with E-state index in [4.69, 9.17) is 5.73 Å². The van der Waals surface area contributed by atoms with E-state index in [0.29, 0.717) is 0 Å². The second-order valence-electron chi connectivity index (χ2n) is 6.02. The Balaban J connectivity index is 1.64. The van der Waals surface area contributed by atoms with Crippen molar-refractivity contribution in [3.8, 4) is 0 Å². The van der Waals surface area contributed by atoms with E-state index >= 15 is 0 Å². The van der Waals surface area contributed by atoms with Crippen molar-refractivity contribution in [2.24, 2.45) is 5.73 Å². The van der Waals surface area contributed by atoms with Crippen LogP contribution in [0.4, 0.5) is 0 Å². The van der Waals surface area contributed by atoms with Crippen LogP contribution in [0.2, 0.25) is 0 Å². The molecular formula is C15H31N3. The van der Waals surface area contributed by atoms with E-state index in [9.17, 15) is 0 Å². The van der Waals surface area contributed by atoms with Gasteiger partial charge < -0.3 is 10.6 Å². The van der Waals surface area contributed by atoms with Gasteiger partial charge in [-0.25, -0.2) is 0 Å². The summed E-state index contributed by atoms with van der Waals surface area (Å²) in [5.41, 5.74) is 5.54. The number of hydrogen-bond donors (Lipinski definition) is 1. The molecule has 1 saturated heterocycles. The maximum Gasteiger partial charge on any atom is 0.0112 e. The Morgan fingerprint density at radius 2 is 1.67 bits per heavy atom. The van der Waals surface area contributed by atoms with Crippen LogP contribution >= 0.6 is 0 Å². The van der Waals surface area contributed by atoms with E-state index in [1.54, 1.807) is 0 Å². The molecule has 0 atom stereocenters. The molecule has 3 nitrogen and oxygen atoms in total. The molecular weight excluding hydrogens is 222 g/mol. The lowest BCUT2D eigenvalue weighted by Crippen LogP contribution is -2.37. The zero-order chi connectivity index (χ0) is 12.6. The fourth-order valence-electron chi connectivity index (χ4n) is 3.51. The average molecular weight is 253 g/mol. The molecule has 1 aliphatic carbocycles. The highest BCUT2D eigenvalue weighted by molar-refractivity contribution is 4.80. The first-order chi connectivity index (χ1) is 8.90. The third kappa shape index (κ3) is 4.52. The molecule has 1 aliphatic heterocycles.